The molecule has 0 spiro atoms. The molecule has 0 bridgehead atoms. The van der Waals surface area contributed by atoms with Crippen molar-refractivity contribution in [1.29, 1.82) is 0 Å². The topological polar surface area (TPSA) is 23.5 Å². The van der Waals surface area contributed by atoms with Crippen molar-refractivity contribution in [2.45, 2.75) is 13.2 Å². The maximum Gasteiger partial charge on any atom is 0.104 e. The Morgan fingerprint density at radius 3 is 2.00 bits per heavy atom. The monoisotopic (exact) mass is 88.1 g/mol. The first-order chi connectivity index (χ1) is 2.64. The third kappa shape index (κ3) is 2.18. The fraction of sp³-hybridized carbons (Fsp3) is 0.750. The molecule has 0 aromatic rings. The van der Waals surface area contributed by atoms with Gasteiger partial charge in [-0.15, -0.1) is 0 Å². The Morgan fingerprint density at radius 2 is 2.00 bits per heavy atom. The maximum absolute atomic E-state index is 8.49. The lowest BCUT2D eigenvalue weighted by Crippen LogP contribution is -2.20. The van der Waals surface area contributed by atoms with Crippen LogP contribution in [0.15, 0.2) is 0 Å². The molecule has 0 amide bonds. The first-order valence-electron chi connectivity index (χ1n) is 1.86. The van der Waals surface area contributed by atoms with Crippen molar-refractivity contribution in [1.82, 2.24) is 4.90 Å². The van der Waals surface area contributed by atoms with E-state index in [0.717, 1.165) is 0 Å². The minimum absolute atomic E-state index is 0.426. The van der Waals surface area contributed by atoms with Gasteiger partial charge in [-0.3, -0.25) is 4.90 Å². The summed E-state index contributed by atoms with van der Waals surface area (Å²) in [5, 5.41) is 8.49. The zero-order chi connectivity index (χ0) is 5.15. The highest BCUT2D eigenvalue weighted by atomic mass is 16.3. The third-order valence-electron chi connectivity index (χ3n) is 0.638. The second kappa shape index (κ2) is 2.16. The number of aliphatic hydroxyl groups is 1. The van der Waals surface area contributed by atoms with Gasteiger partial charge in [0, 0.05) is 7.05 Å². The molecule has 1 atom stereocenters. The summed E-state index contributed by atoms with van der Waals surface area (Å²) < 4.78 is 0. The molecular formula is C4H10NO. The molecule has 0 aliphatic carbocycles. The summed E-state index contributed by atoms with van der Waals surface area (Å²) in [7, 11) is 5.13. The number of hydrogen-bond donors (Lipinski definition) is 1. The summed E-state index contributed by atoms with van der Waals surface area (Å²) in [6.45, 7) is 1.66. The van der Waals surface area contributed by atoms with Crippen molar-refractivity contribution < 1.29 is 5.11 Å². The van der Waals surface area contributed by atoms with Crippen molar-refractivity contribution >= 4 is 0 Å². The van der Waals surface area contributed by atoms with Crippen LogP contribution in [-0.2, 0) is 0 Å². The molecule has 1 unspecified atom stereocenters. The van der Waals surface area contributed by atoms with Crippen LogP contribution in [0.4, 0.5) is 0 Å². The summed E-state index contributed by atoms with van der Waals surface area (Å²) in [5.41, 5.74) is 0. The lowest BCUT2D eigenvalue weighted by atomic mass is 10.6. The molecule has 0 aliphatic heterocycles. The van der Waals surface area contributed by atoms with E-state index in [1.807, 2.05) is 0 Å². The van der Waals surface area contributed by atoms with Gasteiger partial charge in [0.1, 0.15) is 6.23 Å². The van der Waals surface area contributed by atoms with Crippen molar-refractivity contribution in [2.75, 3.05) is 7.05 Å². The van der Waals surface area contributed by atoms with E-state index in [1.165, 1.54) is 4.90 Å². The van der Waals surface area contributed by atoms with Gasteiger partial charge in [0.2, 0.25) is 0 Å². The summed E-state index contributed by atoms with van der Waals surface area (Å²) >= 11 is 0. The number of nitrogens with zero attached hydrogens (tertiary/aromatic N) is 1. The van der Waals surface area contributed by atoms with Gasteiger partial charge >= 0.3 is 0 Å². The molecule has 0 saturated heterocycles. The van der Waals surface area contributed by atoms with E-state index in [-0.39, 0.29) is 0 Å². The SMILES string of the molecule is [CH2]N(C)C(C)O. The number of rotatable bonds is 1. The van der Waals surface area contributed by atoms with Crippen molar-refractivity contribution in [2.24, 2.45) is 0 Å². The van der Waals surface area contributed by atoms with Crippen LogP contribution in [0.25, 0.3) is 0 Å². The molecule has 0 heterocycles. The molecule has 2 heteroatoms. The zero-order valence-electron chi connectivity index (χ0n) is 4.18. The fourth-order valence-corrected chi connectivity index (χ4v) is 0. The van der Waals surface area contributed by atoms with E-state index in [2.05, 4.69) is 7.05 Å². The Hall–Kier alpha value is -0.0800. The van der Waals surface area contributed by atoms with Crippen LogP contribution < -0.4 is 0 Å². The van der Waals surface area contributed by atoms with Gasteiger partial charge in [-0.2, -0.15) is 0 Å². The third-order valence-corrected chi connectivity index (χ3v) is 0.638. The van der Waals surface area contributed by atoms with Gasteiger partial charge in [-0.05, 0) is 14.0 Å². The minimum atomic E-state index is -0.426. The van der Waals surface area contributed by atoms with Gasteiger partial charge in [0.25, 0.3) is 0 Å². The Morgan fingerprint density at radius 1 is 1.83 bits per heavy atom. The lowest BCUT2D eigenvalue weighted by Gasteiger charge is -2.10. The average Bonchev–Trinajstić information content (AvgIpc) is 1.36. The molecule has 1 radical (unpaired) electrons. The zero-order valence-corrected chi connectivity index (χ0v) is 4.18. The predicted octanol–water partition coefficient (Wildman–Crippen LogP) is 0.0481. The van der Waals surface area contributed by atoms with Gasteiger partial charge in [-0.25, -0.2) is 0 Å². The smallest absolute Gasteiger partial charge is 0.104 e. The number of aliphatic hydroxyl groups excluding tert-OH is 1. The summed E-state index contributed by atoms with van der Waals surface area (Å²) in [6.07, 6.45) is -0.426. The predicted molar refractivity (Wildman–Crippen MR) is 24.8 cm³/mol. The van der Waals surface area contributed by atoms with E-state index in [4.69, 9.17) is 5.11 Å². The molecule has 0 saturated carbocycles. The molecule has 37 valence electrons. The highest BCUT2D eigenvalue weighted by molar-refractivity contribution is 4.42. The standard InChI is InChI=1S/C4H10NO/c1-4(6)5(2)3/h4,6H,2H2,1,3H3. The van der Waals surface area contributed by atoms with Crippen molar-refractivity contribution in [3.63, 3.8) is 0 Å². The summed E-state index contributed by atoms with van der Waals surface area (Å²) in [5.74, 6) is 0. The Labute approximate surface area is 38.4 Å². The molecule has 0 aliphatic rings. The Kier molecular flexibility index (Phi) is 2.13. The van der Waals surface area contributed by atoms with E-state index < -0.39 is 6.23 Å². The molecule has 6 heavy (non-hydrogen) atoms. The van der Waals surface area contributed by atoms with Gasteiger partial charge < -0.3 is 5.11 Å². The second-order valence-electron chi connectivity index (χ2n) is 1.39. The average molecular weight is 88.1 g/mol. The van der Waals surface area contributed by atoms with Crippen LogP contribution in [0.3, 0.4) is 0 Å². The first kappa shape index (κ1) is 5.92. The Balaban J connectivity index is 2.99. The summed E-state index contributed by atoms with van der Waals surface area (Å²) in [4.78, 5) is 1.47. The van der Waals surface area contributed by atoms with E-state index in [0.29, 0.717) is 0 Å². The van der Waals surface area contributed by atoms with Crippen LogP contribution in [0.2, 0.25) is 0 Å². The fourth-order valence-electron chi connectivity index (χ4n) is 0. The molecule has 0 aromatic carbocycles. The van der Waals surface area contributed by atoms with Gasteiger partial charge in [-0.1, -0.05) is 0 Å². The normalized spacial score (nSPS) is 15.5. The number of hydrogen-bond acceptors (Lipinski definition) is 2. The molecule has 1 N–H and O–H groups in total. The van der Waals surface area contributed by atoms with Gasteiger partial charge in [0.15, 0.2) is 0 Å². The van der Waals surface area contributed by atoms with E-state index in [1.54, 1.807) is 14.0 Å². The van der Waals surface area contributed by atoms with Crippen molar-refractivity contribution in [3.05, 3.63) is 7.05 Å². The molecule has 2 nitrogen and oxygen atoms in total. The van der Waals surface area contributed by atoms with Crippen LogP contribution >= 0.6 is 0 Å². The lowest BCUT2D eigenvalue weighted by molar-refractivity contribution is 0.0705. The van der Waals surface area contributed by atoms with E-state index in [9.17, 15) is 0 Å². The van der Waals surface area contributed by atoms with Crippen LogP contribution in [0.5, 0.6) is 0 Å². The quantitative estimate of drug-likeness (QED) is 0.458. The maximum atomic E-state index is 8.49. The highest BCUT2D eigenvalue weighted by Crippen LogP contribution is 1.82. The van der Waals surface area contributed by atoms with Gasteiger partial charge in [0.05, 0.1) is 0 Å². The first-order valence-corrected chi connectivity index (χ1v) is 1.86. The van der Waals surface area contributed by atoms with Crippen LogP contribution in [0.1, 0.15) is 6.92 Å². The largest absolute Gasteiger partial charge is 0.379 e. The molecular weight excluding hydrogens is 78.0 g/mol. The van der Waals surface area contributed by atoms with Crippen LogP contribution in [0, 0.1) is 7.05 Å². The highest BCUT2D eigenvalue weighted by Gasteiger charge is 1.92. The molecule has 0 rings (SSSR count). The van der Waals surface area contributed by atoms with Crippen molar-refractivity contribution in [3.8, 4) is 0 Å². The van der Waals surface area contributed by atoms with Crippen LogP contribution in [-0.4, -0.2) is 23.3 Å². The molecule has 0 fully saturated rings. The van der Waals surface area contributed by atoms with E-state index >= 15 is 0 Å². The summed E-state index contributed by atoms with van der Waals surface area (Å²) in [6, 6.07) is 0. The second-order valence-corrected chi connectivity index (χ2v) is 1.39. The minimum Gasteiger partial charge on any atom is -0.379 e. The molecule has 0 aromatic heterocycles. The Bertz CT molecular complexity index is 28.5.